The zero-order valence-corrected chi connectivity index (χ0v) is 13.1. The summed E-state index contributed by atoms with van der Waals surface area (Å²) in [6.07, 6.45) is 6.17. The molecule has 0 N–H and O–H groups in total. The minimum atomic E-state index is 0.373. The first-order valence-corrected chi connectivity index (χ1v) is 8.35. The molecule has 0 radical (unpaired) electrons. The summed E-state index contributed by atoms with van der Waals surface area (Å²) in [5.74, 6) is 1.17. The van der Waals surface area contributed by atoms with Gasteiger partial charge in [-0.2, -0.15) is 0 Å². The number of carbonyl (C=O) groups is 1. The number of hydrogen-bond acceptors (Lipinski definition) is 3. The lowest BCUT2D eigenvalue weighted by atomic mass is 9.99. The Balaban J connectivity index is 1.58. The predicted octanol–water partition coefficient (Wildman–Crippen LogP) is 1.41. The van der Waals surface area contributed by atoms with Crippen molar-refractivity contribution in [1.29, 1.82) is 0 Å². The van der Waals surface area contributed by atoms with E-state index in [0.29, 0.717) is 24.5 Å². The number of likely N-dealkylation sites (tertiary alicyclic amines) is 2. The normalized spacial score (nSPS) is 33.4. The van der Waals surface area contributed by atoms with Crippen LogP contribution in [-0.2, 0) is 4.79 Å². The van der Waals surface area contributed by atoms with Gasteiger partial charge < -0.3 is 9.80 Å². The third kappa shape index (κ3) is 3.01. The lowest BCUT2D eigenvalue weighted by Gasteiger charge is -2.34. The first-order valence-electron chi connectivity index (χ1n) is 8.35. The van der Waals surface area contributed by atoms with E-state index in [0.717, 1.165) is 25.6 Å². The lowest BCUT2D eigenvalue weighted by Crippen LogP contribution is -2.48. The second-order valence-electron chi connectivity index (χ2n) is 7.17. The Bertz CT molecular complexity index is 352. The Morgan fingerprint density at radius 2 is 1.70 bits per heavy atom. The van der Waals surface area contributed by atoms with Crippen molar-refractivity contribution in [3.05, 3.63) is 0 Å². The van der Waals surface area contributed by atoms with E-state index < -0.39 is 0 Å². The van der Waals surface area contributed by atoms with Gasteiger partial charge in [-0.15, -0.1) is 0 Å². The van der Waals surface area contributed by atoms with Crippen LogP contribution in [0.2, 0.25) is 0 Å². The molecule has 20 heavy (non-hydrogen) atoms. The second kappa shape index (κ2) is 6.02. The molecule has 4 heteroatoms. The molecule has 114 valence electrons. The summed E-state index contributed by atoms with van der Waals surface area (Å²) in [6, 6.07) is 1.26. The number of likely N-dealkylation sites (N-methyl/N-ethyl adjacent to an activating group) is 1. The van der Waals surface area contributed by atoms with Gasteiger partial charge in [-0.05, 0) is 51.6 Å². The van der Waals surface area contributed by atoms with Gasteiger partial charge in [0.25, 0.3) is 0 Å². The quantitative estimate of drug-likeness (QED) is 0.765. The van der Waals surface area contributed by atoms with Crippen molar-refractivity contribution in [3.8, 4) is 0 Å². The summed E-state index contributed by atoms with van der Waals surface area (Å²) in [7, 11) is 2.22. The minimum Gasteiger partial charge on any atom is -0.342 e. The lowest BCUT2D eigenvalue weighted by molar-refractivity contribution is -0.134. The molecule has 0 saturated carbocycles. The van der Waals surface area contributed by atoms with Crippen molar-refractivity contribution in [1.82, 2.24) is 14.7 Å². The zero-order valence-electron chi connectivity index (χ0n) is 13.1. The average Bonchev–Trinajstić information content (AvgIpc) is 2.70. The average molecular weight is 279 g/mol. The number of fused-ring (bicyclic) bond motifs is 2. The molecule has 4 nitrogen and oxygen atoms in total. The summed E-state index contributed by atoms with van der Waals surface area (Å²) < 4.78 is 0. The van der Waals surface area contributed by atoms with Crippen molar-refractivity contribution in [2.45, 2.75) is 51.1 Å². The van der Waals surface area contributed by atoms with Crippen LogP contribution < -0.4 is 0 Å². The third-order valence-corrected chi connectivity index (χ3v) is 5.59. The topological polar surface area (TPSA) is 26.8 Å². The van der Waals surface area contributed by atoms with Crippen LogP contribution in [0.1, 0.15) is 39.0 Å². The van der Waals surface area contributed by atoms with E-state index in [9.17, 15) is 4.79 Å². The van der Waals surface area contributed by atoms with E-state index >= 15 is 0 Å². The molecule has 0 aromatic carbocycles. The molecule has 3 aliphatic rings. The summed E-state index contributed by atoms with van der Waals surface area (Å²) in [4.78, 5) is 19.6. The maximum Gasteiger partial charge on any atom is 0.236 e. The molecule has 0 aromatic rings. The molecule has 3 saturated heterocycles. The third-order valence-electron chi connectivity index (χ3n) is 5.59. The summed E-state index contributed by atoms with van der Waals surface area (Å²) >= 11 is 0. The van der Waals surface area contributed by atoms with Gasteiger partial charge in [0.2, 0.25) is 5.91 Å². The fraction of sp³-hybridized carbons (Fsp3) is 0.938. The predicted molar refractivity (Wildman–Crippen MR) is 80.6 cm³/mol. The van der Waals surface area contributed by atoms with E-state index in [1.54, 1.807) is 0 Å². The first-order chi connectivity index (χ1) is 9.63. The van der Waals surface area contributed by atoms with E-state index in [4.69, 9.17) is 0 Å². The van der Waals surface area contributed by atoms with Crippen LogP contribution in [0.15, 0.2) is 0 Å². The number of rotatable bonds is 2. The van der Waals surface area contributed by atoms with Gasteiger partial charge in [0, 0.05) is 31.7 Å². The number of hydrogen-bond donors (Lipinski definition) is 0. The van der Waals surface area contributed by atoms with Crippen molar-refractivity contribution >= 4 is 5.91 Å². The molecular formula is C16H29N3O. The molecule has 3 aliphatic heterocycles. The van der Waals surface area contributed by atoms with Gasteiger partial charge in [-0.3, -0.25) is 9.69 Å². The first kappa shape index (κ1) is 14.3. The van der Waals surface area contributed by atoms with Crippen LogP contribution in [0.5, 0.6) is 0 Å². The Kier molecular flexibility index (Phi) is 4.32. The van der Waals surface area contributed by atoms with Crippen LogP contribution >= 0.6 is 0 Å². The molecule has 3 heterocycles. The summed E-state index contributed by atoms with van der Waals surface area (Å²) in [6.45, 7) is 7.24. The van der Waals surface area contributed by atoms with E-state index in [2.05, 4.69) is 28.7 Å². The van der Waals surface area contributed by atoms with Gasteiger partial charge in [-0.1, -0.05) is 6.92 Å². The largest absolute Gasteiger partial charge is 0.342 e. The van der Waals surface area contributed by atoms with Gasteiger partial charge in [0.15, 0.2) is 0 Å². The molecule has 0 aromatic heterocycles. The highest BCUT2D eigenvalue weighted by atomic mass is 16.2. The van der Waals surface area contributed by atoms with Crippen molar-refractivity contribution in [2.75, 3.05) is 39.8 Å². The Hall–Kier alpha value is -0.610. The maximum absolute atomic E-state index is 12.6. The Morgan fingerprint density at radius 1 is 1.00 bits per heavy atom. The molecule has 1 amide bonds. The van der Waals surface area contributed by atoms with Gasteiger partial charge in [-0.25, -0.2) is 0 Å². The summed E-state index contributed by atoms with van der Waals surface area (Å²) in [5.41, 5.74) is 0. The second-order valence-corrected chi connectivity index (χ2v) is 7.17. The van der Waals surface area contributed by atoms with E-state index in [1.807, 2.05) is 0 Å². The van der Waals surface area contributed by atoms with Crippen molar-refractivity contribution < 1.29 is 4.79 Å². The molecule has 2 bridgehead atoms. The van der Waals surface area contributed by atoms with Crippen LogP contribution in [0.3, 0.4) is 0 Å². The van der Waals surface area contributed by atoms with Gasteiger partial charge >= 0.3 is 0 Å². The van der Waals surface area contributed by atoms with Crippen LogP contribution in [0, 0.1) is 5.92 Å². The highest BCUT2D eigenvalue weighted by Gasteiger charge is 2.38. The highest BCUT2D eigenvalue weighted by molar-refractivity contribution is 5.78. The van der Waals surface area contributed by atoms with Crippen LogP contribution in [0.4, 0.5) is 0 Å². The molecule has 3 rings (SSSR count). The van der Waals surface area contributed by atoms with Crippen molar-refractivity contribution in [2.24, 2.45) is 5.92 Å². The Labute approximate surface area is 123 Å². The van der Waals surface area contributed by atoms with Gasteiger partial charge in [0.05, 0.1) is 6.54 Å². The number of amides is 1. The molecule has 0 spiro atoms. The molecular weight excluding hydrogens is 250 g/mol. The molecule has 2 atom stereocenters. The van der Waals surface area contributed by atoms with E-state index in [-0.39, 0.29) is 0 Å². The number of piperidine rings is 1. The fourth-order valence-corrected chi connectivity index (χ4v) is 4.11. The monoisotopic (exact) mass is 279 g/mol. The SMILES string of the molecule is CC1CCN(C(=O)CN2[C@@H]3CC[C@H]2CN(C)CC3)CC1. The molecule has 0 unspecified atom stereocenters. The highest BCUT2D eigenvalue weighted by Crippen LogP contribution is 2.29. The maximum atomic E-state index is 12.6. The van der Waals surface area contributed by atoms with E-state index in [1.165, 1.54) is 38.6 Å². The summed E-state index contributed by atoms with van der Waals surface area (Å²) in [5, 5.41) is 0. The smallest absolute Gasteiger partial charge is 0.236 e. The molecule has 0 aliphatic carbocycles. The van der Waals surface area contributed by atoms with Crippen molar-refractivity contribution in [3.63, 3.8) is 0 Å². The standard InChI is InChI=1S/C16H29N3O/c1-13-5-9-18(10-6-13)16(20)12-19-14-3-4-15(19)11-17(2)8-7-14/h13-15H,3-12H2,1-2H3/t14-,15+/m1/s1. The zero-order chi connectivity index (χ0) is 14.1. The molecule has 3 fully saturated rings. The number of carbonyl (C=O) groups excluding carboxylic acids is 1. The van der Waals surface area contributed by atoms with Crippen LogP contribution in [0.25, 0.3) is 0 Å². The van der Waals surface area contributed by atoms with Crippen LogP contribution in [-0.4, -0.2) is 72.5 Å². The van der Waals surface area contributed by atoms with Gasteiger partial charge in [0.1, 0.15) is 0 Å². The fourth-order valence-electron chi connectivity index (χ4n) is 4.11. The Morgan fingerprint density at radius 3 is 2.45 bits per heavy atom. The number of nitrogens with zero attached hydrogens (tertiary/aromatic N) is 3. The minimum absolute atomic E-state index is 0.373.